The highest BCUT2D eigenvalue weighted by atomic mass is 16.3. The molecule has 28 heavy (non-hydrogen) atoms. The minimum atomic E-state index is -0.264. The van der Waals surface area contributed by atoms with Gasteiger partial charge in [0.1, 0.15) is 17.4 Å². The topological polar surface area (TPSA) is 54.3 Å². The average molecular weight is 374 g/mol. The van der Waals surface area contributed by atoms with Gasteiger partial charge >= 0.3 is 0 Å². The molecule has 3 unspecified atom stereocenters. The van der Waals surface area contributed by atoms with Gasteiger partial charge in [0.2, 0.25) is 5.91 Å². The highest BCUT2D eigenvalue weighted by Crippen LogP contribution is 2.33. The second kappa shape index (κ2) is 7.44. The number of para-hydroxylation sites is 1. The number of carbonyl (C=O) groups excluding carboxylic acids is 1. The molecule has 0 spiro atoms. The van der Waals surface area contributed by atoms with Crippen LogP contribution in [0, 0.1) is 5.92 Å². The molecule has 3 heterocycles. The third-order valence-electron chi connectivity index (χ3n) is 6.21. The number of rotatable bonds is 5. The van der Waals surface area contributed by atoms with Crippen molar-refractivity contribution in [3.05, 3.63) is 72.0 Å². The van der Waals surface area contributed by atoms with E-state index in [4.69, 9.17) is 4.42 Å². The van der Waals surface area contributed by atoms with Crippen molar-refractivity contribution in [3.8, 4) is 0 Å². The first-order valence-electron chi connectivity index (χ1n) is 10.3. The van der Waals surface area contributed by atoms with Crippen LogP contribution < -0.4 is 10.6 Å². The van der Waals surface area contributed by atoms with Gasteiger partial charge in [-0.1, -0.05) is 48.5 Å². The normalized spacial score (nSPS) is 24.9. The summed E-state index contributed by atoms with van der Waals surface area (Å²) in [7, 11) is 0. The lowest BCUT2D eigenvalue weighted by Crippen LogP contribution is -2.40. The van der Waals surface area contributed by atoms with Crippen molar-refractivity contribution in [1.82, 2.24) is 10.6 Å². The van der Waals surface area contributed by atoms with Crippen LogP contribution in [0.3, 0.4) is 0 Å². The van der Waals surface area contributed by atoms with Crippen molar-refractivity contribution < 1.29 is 9.21 Å². The zero-order chi connectivity index (χ0) is 18.9. The maximum atomic E-state index is 12.9. The van der Waals surface area contributed by atoms with E-state index >= 15 is 0 Å². The number of hydrogen-bond acceptors (Lipinski definition) is 3. The Bertz CT molecular complexity index is 920. The molecule has 5 rings (SSSR count). The molecule has 4 heteroatoms. The Labute approximate surface area is 165 Å². The van der Waals surface area contributed by atoms with E-state index in [-0.39, 0.29) is 11.9 Å². The molecule has 2 N–H and O–H groups in total. The average Bonchev–Trinajstić information content (AvgIpc) is 3.29. The Morgan fingerprint density at radius 1 is 1.04 bits per heavy atom. The molecule has 2 aliphatic rings. The number of fused-ring (bicyclic) bond motifs is 3. The summed E-state index contributed by atoms with van der Waals surface area (Å²) in [5, 5.41) is 7.97. The van der Waals surface area contributed by atoms with Gasteiger partial charge in [0, 0.05) is 23.9 Å². The molecule has 2 aliphatic heterocycles. The van der Waals surface area contributed by atoms with Gasteiger partial charge < -0.3 is 15.1 Å². The van der Waals surface area contributed by atoms with Crippen molar-refractivity contribution in [2.75, 3.05) is 0 Å². The number of furan rings is 1. The van der Waals surface area contributed by atoms with Crippen LogP contribution in [0.2, 0.25) is 0 Å². The monoisotopic (exact) mass is 374 g/mol. The summed E-state index contributed by atoms with van der Waals surface area (Å²) < 4.78 is 6.09. The number of hydrogen-bond donors (Lipinski definition) is 2. The Kier molecular flexibility index (Phi) is 4.65. The molecule has 144 valence electrons. The second-order valence-corrected chi connectivity index (χ2v) is 8.28. The predicted molar refractivity (Wildman–Crippen MR) is 110 cm³/mol. The predicted octanol–water partition coefficient (Wildman–Crippen LogP) is 4.56. The lowest BCUT2D eigenvalue weighted by atomic mass is 9.89. The lowest BCUT2D eigenvalue weighted by Gasteiger charge is -2.29. The Morgan fingerprint density at radius 3 is 2.50 bits per heavy atom. The zero-order valence-corrected chi connectivity index (χ0v) is 15.9. The van der Waals surface area contributed by atoms with Crippen LogP contribution in [0.25, 0.3) is 11.0 Å². The highest BCUT2D eigenvalue weighted by Gasteiger charge is 2.34. The largest absolute Gasteiger partial charge is 0.459 e. The summed E-state index contributed by atoms with van der Waals surface area (Å²) in [4.78, 5) is 12.9. The molecule has 0 radical (unpaired) electrons. The highest BCUT2D eigenvalue weighted by molar-refractivity contribution is 5.80. The minimum absolute atomic E-state index is 0.112. The third-order valence-corrected chi connectivity index (χ3v) is 6.21. The van der Waals surface area contributed by atoms with E-state index in [0.717, 1.165) is 35.1 Å². The molecular formula is C24H26N2O2. The van der Waals surface area contributed by atoms with Gasteiger partial charge in [0.15, 0.2) is 0 Å². The number of benzene rings is 2. The molecule has 2 fully saturated rings. The summed E-state index contributed by atoms with van der Waals surface area (Å²) in [5.41, 5.74) is 1.89. The molecule has 2 saturated heterocycles. The molecule has 3 aromatic rings. The first-order valence-corrected chi connectivity index (χ1v) is 10.3. The molecule has 0 saturated carbocycles. The summed E-state index contributed by atoms with van der Waals surface area (Å²) >= 11 is 0. The van der Waals surface area contributed by atoms with Crippen LogP contribution in [-0.2, 0) is 4.79 Å². The van der Waals surface area contributed by atoms with Gasteiger partial charge in [-0.25, -0.2) is 0 Å². The van der Waals surface area contributed by atoms with E-state index in [1.165, 1.54) is 12.8 Å². The van der Waals surface area contributed by atoms with E-state index in [1.54, 1.807) is 0 Å². The van der Waals surface area contributed by atoms with E-state index in [2.05, 4.69) is 10.6 Å². The van der Waals surface area contributed by atoms with E-state index in [0.29, 0.717) is 24.4 Å². The summed E-state index contributed by atoms with van der Waals surface area (Å²) in [6.07, 6.45) is 5.34. The van der Waals surface area contributed by atoms with E-state index in [9.17, 15) is 4.79 Å². The number of nitrogens with one attached hydrogen (secondary N) is 2. The van der Waals surface area contributed by atoms with Crippen molar-refractivity contribution in [3.63, 3.8) is 0 Å². The quantitative estimate of drug-likeness (QED) is 0.688. The van der Waals surface area contributed by atoms with Crippen LogP contribution in [0.4, 0.5) is 0 Å². The third kappa shape index (κ3) is 3.57. The van der Waals surface area contributed by atoms with Crippen molar-refractivity contribution in [2.45, 2.75) is 50.2 Å². The van der Waals surface area contributed by atoms with Crippen molar-refractivity contribution in [2.24, 2.45) is 5.92 Å². The Morgan fingerprint density at radius 2 is 1.75 bits per heavy atom. The first kappa shape index (κ1) is 17.5. The molecule has 3 atom stereocenters. The fourth-order valence-corrected chi connectivity index (χ4v) is 4.93. The van der Waals surface area contributed by atoms with Gasteiger partial charge in [-0.15, -0.1) is 0 Å². The molecule has 0 aliphatic carbocycles. The Balaban J connectivity index is 1.36. The maximum absolute atomic E-state index is 12.9. The number of carbonyl (C=O) groups is 1. The summed E-state index contributed by atoms with van der Waals surface area (Å²) in [6.45, 7) is 0. The van der Waals surface area contributed by atoms with E-state index < -0.39 is 0 Å². The fraction of sp³-hybridized carbons (Fsp3) is 0.375. The van der Waals surface area contributed by atoms with Crippen LogP contribution in [0.1, 0.15) is 49.5 Å². The van der Waals surface area contributed by atoms with Crippen LogP contribution >= 0.6 is 0 Å². The molecule has 1 aromatic heterocycles. The Hall–Kier alpha value is -2.59. The SMILES string of the molecule is O=C(CC1CC2CCC(C1)N2)NC(c1ccccc1)c1cc2ccccc2o1. The molecule has 1 amide bonds. The molecule has 2 bridgehead atoms. The second-order valence-electron chi connectivity index (χ2n) is 8.28. The van der Waals surface area contributed by atoms with Crippen LogP contribution in [0.5, 0.6) is 0 Å². The molecule has 4 nitrogen and oxygen atoms in total. The van der Waals surface area contributed by atoms with Crippen molar-refractivity contribution >= 4 is 16.9 Å². The maximum Gasteiger partial charge on any atom is 0.221 e. The van der Waals surface area contributed by atoms with Crippen molar-refractivity contribution in [1.29, 1.82) is 0 Å². The van der Waals surface area contributed by atoms with Crippen LogP contribution in [-0.4, -0.2) is 18.0 Å². The smallest absolute Gasteiger partial charge is 0.221 e. The van der Waals surface area contributed by atoms with Gasteiger partial charge in [-0.3, -0.25) is 4.79 Å². The molecule has 2 aromatic carbocycles. The summed E-state index contributed by atoms with van der Waals surface area (Å²) in [5.74, 6) is 1.37. The first-order chi connectivity index (χ1) is 13.7. The summed E-state index contributed by atoms with van der Waals surface area (Å²) in [6, 6.07) is 21.1. The lowest BCUT2D eigenvalue weighted by molar-refractivity contribution is -0.122. The number of piperidine rings is 1. The van der Waals surface area contributed by atoms with E-state index in [1.807, 2.05) is 60.7 Å². The van der Waals surface area contributed by atoms with Crippen LogP contribution in [0.15, 0.2) is 65.1 Å². The number of amides is 1. The van der Waals surface area contributed by atoms with Gasteiger partial charge in [0.25, 0.3) is 0 Å². The zero-order valence-electron chi connectivity index (χ0n) is 15.9. The van der Waals surface area contributed by atoms with Gasteiger partial charge in [-0.05, 0) is 49.3 Å². The van der Waals surface area contributed by atoms with Gasteiger partial charge in [-0.2, -0.15) is 0 Å². The fourth-order valence-electron chi connectivity index (χ4n) is 4.93. The molecular weight excluding hydrogens is 348 g/mol. The standard InChI is InChI=1S/C24H26N2O2/c27-23(14-16-12-19-10-11-20(13-16)25-19)26-24(17-6-2-1-3-7-17)22-15-18-8-4-5-9-21(18)28-22/h1-9,15-16,19-20,24-25H,10-14H2,(H,26,27). The van der Waals surface area contributed by atoms with Gasteiger partial charge in [0.05, 0.1) is 0 Å². The minimum Gasteiger partial charge on any atom is -0.459 e.